The van der Waals surface area contributed by atoms with E-state index in [4.69, 9.17) is 0 Å². The van der Waals surface area contributed by atoms with Crippen LogP contribution in [0.2, 0.25) is 0 Å². The number of rotatable bonds is 9. The second-order valence-corrected chi connectivity index (χ2v) is 3.63. The van der Waals surface area contributed by atoms with Gasteiger partial charge in [-0.25, -0.2) is 0 Å². The van der Waals surface area contributed by atoms with Crippen LogP contribution in [0.1, 0.15) is 71.6 Å². The molecule has 0 radical (unpaired) electrons. The van der Waals surface area contributed by atoms with Crippen LogP contribution in [0, 0.1) is 6.42 Å². The fourth-order valence-corrected chi connectivity index (χ4v) is 1.42. The second-order valence-electron chi connectivity index (χ2n) is 3.63. The van der Waals surface area contributed by atoms with Crippen LogP contribution in [0.15, 0.2) is 0 Å². The van der Waals surface area contributed by atoms with Gasteiger partial charge in [0.2, 0.25) is 0 Å². The average Bonchev–Trinajstić information content (AvgIpc) is 2.10. The summed E-state index contributed by atoms with van der Waals surface area (Å²) in [7, 11) is 0. The van der Waals surface area contributed by atoms with E-state index in [9.17, 15) is 0 Å². The van der Waals surface area contributed by atoms with Crippen molar-refractivity contribution in [3.8, 4) is 0 Å². The number of hydrogen-bond acceptors (Lipinski definition) is 0. The molecular weight excluding hydrogens is 144 g/mol. The molecule has 0 saturated carbocycles. The van der Waals surface area contributed by atoms with Gasteiger partial charge in [-0.2, -0.15) is 0 Å². The highest BCUT2D eigenvalue weighted by Gasteiger charge is 1.96. The van der Waals surface area contributed by atoms with Crippen molar-refractivity contribution < 1.29 is 0 Å². The predicted molar refractivity (Wildman–Crippen MR) is 57.2 cm³/mol. The third kappa shape index (κ3) is 9.87. The molecule has 0 unspecified atom stereocenters. The van der Waals surface area contributed by atoms with Gasteiger partial charge in [-0.1, -0.05) is 39.5 Å². The topological polar surface area (TPSA) is 0 Å². The van der Waals surface area contributed by atoms with E-state index in [0.717, 1.165) is 0 Å². The highest BCUT2D eigenvalue weighted by atomic mass is 14.0. The molecule has 0 spiro atoms. The molecule has 0 rings (SSSR count). The van der Waals surface area contributed by atoms with Gasteiger partial charge in [-0.05, 0) is 19.3 Å². The Kier molecular flexibility index (Phi) is 10.8. The van der Waals surface area contributed by atoms with Crippen LogP contribution in [0.5, 0.6) is 0 Å². The van der Waals surface area contributed by atoms with Crippen LogP contribution in [0.4, 0.5) is 0 Å². The van der Waals surface area contributed by atoms with Gasteiger partial charge in [0.1, 0.15) is 0 Å². The minimum absolute atomic E-state index is 1.31. The Hall–Kier alpha value is -0.130. The first-order valence-electron chi connectivity index (χ1n) is 5.73. The van der Waals surface area contributed by atoms with Gasteiger partial charge in [0.05, 0.1) is 19.3 Å². The van der Waals surface area contributed by atoms with Crippen LogP contribution in [-0.4, -0.2) is 0 Å². The second kappa shape index (κ2) is 10.9. The highest BCUT2D eigenvalue weighted by Crippen LogP contribution is 2.09. The lowest BCUT2D eigenvalue weighted by atomic mass is 10.1. The van der Waals surface area contributed by atoms with E-state index >= 15 is 0 Å². The lowest BCUT2D eigenvalue weighted by Crippen LogP contribution is -1.80. The first-order chi connectivity index (χ1) is 5.91. The van der Waals surface area contributed by atoms with E-state index in [-0.39, 0.29) is 0 Å². The number of hydrogen-bond donors (Lipinski definition) is 0. The summed E-state index contributed by atoms with van der Waals surface area (Å²) < 4.78 is 0. The van der Waals surface area contributed by atoms with Crippen LogP contribution < -0.4 is 0 Å². The average molecular weight is 169 g/mol. The normalized spacial score (nSPS) is 10.2. The molecule has 0 aromatic carbocycles. The van der Waals surface area contributed by atoms with Gasteiger partial charge in [0.25, 0.3) is 0 Å². The minimum Gasteiger partial charge on any atom is -0.0654 e. The van der Waals surface area contributed by atoms with Crippen LogP contribution in [-0.2, 0) is 0 Å². The molecule has 0 fully saturated rings. The van der Waals surface area contributed by atoms with Gasteiger partial charge in [-0.3, -0.25) is 0 Å². The molecule has 0 nitrogen and oxygen atoms in total. The van der Waals surface area contributed by atoms with Crippen molar-refractivity contribution in [1.29, 1.82) is 0 Å². The summed E-state index contributed by atoms with van der Waals surface area (Å²) in [5, 5.41) is 0. The van der Waals surface area contributed by atoms with Crippen molar-refractivity contribution in [3.05, 3.63) is 6.42 Å². The first-order valence-corrected chi connectivity index (χ1v) is 5.73. The SMILES string of the molecule is CCC[CH+]CCCCCCCC. The molecule has 0 amide bonds. The zero-order chi connectivity index (χ0) is 9.07. The van der Waals surface area contributed by atoms with Crippen molar-refractivity contribution in [2.24, 2.45) is 0 Å². The molecule has 0 aliphatic rings. The third-order valence-corrected chi connectivity index (χ3v) is 2.25. The van der Waals surface area contributed by atoms with Crippen molar-refractivity contribution in [1.82, 2.24) is 0 Å². The van der Waals surface area contributed by atoms with Crippen molar-refractivity contribution in [2.75, 3.05) is 0 Å². The van der Waals surface area contributed by atoms with E-state index in [2.05, 4.69) is 20.3 Å². The molecule has 0 aliphatic carbocycles. The summed E-state index contributed by atoms with van der Waals surface area (Å²) in [6, 6.07) is 0. The lowest BCUT2D eigenvalue weighted by molar-refractivity contribution is 0.600. The molecule has 0 aromatic rings. The molecule has 0 atom stereocenters. The largest absolute Gasteiger partial charge is 0.0875 e. The third-order valence-electron chi connectivity index (χ3n) is 2.25. The predicted octanol–water partition coefficient (Wildman–Crippen LogP) is 4.74. The molecule has 0 N–H and O–H groups in total. The molecular formula is C12H25+. The summed E-state index contributed by atoms with van der Waals surface area (Å²) in [4.78, 5) is 0. The summed E-state index contributed by atoms with van der Waals surface area (Å²) in [6.07, 6.45) is 15.0. The Balaban J connectivity index is 2.73. The van der Waals surface area contributed by atoms with Gasteiger partial charge in [0.15, 0.2) is 0 Å². The van der Waals surface area contributed by atoms with Crippen LogP contribution in [0.3, 0.4) is 0 Å². The van der Waals surface area contributed by atoms with Gasteiger partial charge < -0.3 is 0 Å². The maximum atomic E-state index is 2.44. The van der Waals surface area contributed by atoms with E-state index < -0.39 is 0 Å². The Morgan fingerprint density at radius 2 is 1.33 bits per heavy atom. The van der Waals surface area contributed by atoms with Crippen molar-refractivity contribution >= 4 is 0 Å². The fraction of sp³-hybridized carbons (Fsp3) is 0.917. The summed E-state index contributed by atoms with van der Waals surface area (Å²) in [5.41, 5.74) is 0. The molecule has 0 saturated heterocycles. The first kappa shape index (κ1) is 11.9. The smallest absolute Gasteiger partial charge is 0.0654 e. The van der Waals surface area contributed by atoms with E-state index in [1.165, 1.54) is 57.8 Å². The van der Waals surface area contributed by atoms with Crippen LogP contribution >= 0.6 is 0 Å². The van der Waals surface area contributed by atoms with Gasteiger partial charge >= 0.3 is 0 Å². The van der Waals surface area contributed by atoms with Gasteiger partial charge in [-0.15, -0.1) is 0 Å². The molecule has 0 aromatic heterocycles. The standard InChI is InChI=1S/C12H25/c1-3-5-7-9-11-12-10-8-6-4-2/h7H,3-6,8-12H2,1-2H3/q+1. The quantitative estimate of drug-likeness (QED) is 0.345. The number of unbranched alkanes of at least 4 members (excludes halogenated alkanes) is 9. The zero-order valence-corrected chi connectivity index (χ0v) is 8.94. The molecule has 0 heteroatoms. The Bertz CT molecular complexity index is 56.4. The maximum Gasteiger partial charge on any atom is 0.0875 e. The minimum atomic E-state index is 1.31. The van der Waals surface area contributed by atoms with E-state index in [1.807, 2.05) is 0 Å². The Morgan fingerprint density at radius 1 is 0.667 bits per heavy atom. The summed E-state index contributed by atoms with van der Waals surface area (Å²) >= 11 is 0. The zero-order valence-electron chi connectivity index (χ0n) is 8.94. The van der Waals surface area contributed by atoms with Crippen molar-refractivity contribution in [3.63, 3.8) is 0 Å². The molecule has 0 bridgehead atoms. The molecule has 12 heavy (non-hydrogen) atoms. The van der Waals surface area contributed by atoms with Crippen LogP contribution in [0.25, 0.3) is 0 Å². The van der Waals surface area contributed by atoms with Gasteiger partial charge in [0, 0.05) is 0 Å². The Labute approximate surface area is 78.8 Å². The monoisotopic (exact) mass is 169 g/mol. The lowest BCUT2D eigenvalue weighted by Gasteiger charge is -1.96. The fourth-order valence-electron chi connectivity index (χ4n) is 1.42. The maximum absolute atomic E-state index is 2.44. The van der Waals surface area contributed by atoms with E-state index in [1.54, 1.807) is 0 Å². The van der Waals surface area contributed by atoms with Crippen molar-refractivity contribution in [2.45, 2.75) is 71.6 Å². The molecule has 0 heterocycles. The highest BCUT2D eigenvalue weighted by molar-refractivity contribution is 4.62. The Morgan fingerprint density at radius 3 is 2.00 bits per heavy atom. The van der Waals surface area contributed by atoms with E-state index in [0.29, 0.717) is 0 Å². The molecule has 0 aliphatic heterocycles. The summed E-state index contributed by atoms with van der Waals surface area (Å²) in [6.45, 7) is 4.52. The summed E-state index contributed by atoms with van der Waals surface area (Å²) in [5.74, 6) is 0. The molecule has 72 valence electrons.